The third kappa shape index (κ3) is 6.17. The van der Waals surface area contributed by atoms with E-state index in [4.69, 9.17) is 9.47 Å². The van der Waals surface area contributed by atoms with Crippen LogP contribution in [-0.2, 0) is 22.6 Å². The number of carbonyl (C=O) groups is 2. The molecule has 2 amide bonds. The largest absolute Gasteiger partial charge is 0.453 e. The van der Waals surface area contributed by atoms with Crippen LogP contribution in [0.4, 0.5) is 9.59 Å². The predicted molar refractivity (Wildman–Crippen MR) is 152 cm³/mol. The molecule has 10 heteroatoms. The zero-order valence-corrected chi connectivity index (χ0v) is 23.1. The van der Waals surface area contributed by atoms with Crippen molar-refractivity contribution in [2.45, 2.75) is 32.4 Å². The zero-order chi connectivity index (χ0) is 27.9. The lowest BCUT2D eigenvalue weighted by atomic mass is 9.97. The molecule has 3 heterocycles. The molecule has 4 aromatic rings. The molecule has 5 rings (SSSR count). The first-order valence-corrected chi connectivity index (χ1v) is 13.7. The van der Waals surface area contributed by atoms with Gasteiger partial charge < -0.3 is 23.8 Å². The molecule has 2 aromatic carbocycles. The summed E-state index contributed by atoms with van der Waals surface area (Å²) < 4.78 is 13.7. The van der Waals surface area contributed by atoms with Crippen molar-refractivity contribution in [1.82, 2.24) is 29.1 Å². The molecule has 1 fully saturated rings. The number of fused-ring (bicyclic) bond motifs is 1. The lowest BCUT2D eigenvalue weighted by Crippen LogP contribution is -2.39. The highest BCUT2D eigenvalue weighted by Crippen LogP contribution is 2.27. The number of piperidine rings is 1. The van der Waals surface area contributed by atoms with Gasteiger partial charge >= 0.3 is 12.1 Å². The van der Waals surface area contributed by atoms with Crippen molar-refractivity contribution in [2.75, 3.05) is 40.5 Å². The van der Waals surface area contributed by atoms with Gasteiger partial charge in [-0.1, -0.05) is 42.5 Å². The summed E-state index contributed by atoms with van der Waals surface area (Å²) in [6.07, 6.45) is 7.61. The summed E-state index contributed by atoms with van der Waals surface area (Å²) in [5.41, 5.74) is 2.71. The summed E-state index contributed by atoms with van der Waals surface area (Å²) in [5, 5.41) is 6.91. The van der Waals surface area contributed by atoms with Crippen LogP contribution in [-0.4, -0.2) is 81.7 Å². The number of hydrogen-bond acceptors (Lipinski definition) is 6. The fourth-order valence-electron chi connectivity index (χ4n) is 5.35. The lowest BCUT2D eigenvalue weighted by Gasteiger charge is -2.31. The summed E-state index contributed by atoms with van der Waals surface area (Å²) >= 11 is 0. The molecular weight excluding hydrogens is 508 g/mol. The second-order valence-electron chi connectivity index (χ2n) is 10.2. The van der Waals surface area contributed by atoms with E-state index >= 15 is 0 Å². The number of aromatic nitrogens is 4. The van der Waals surface area contributed by atoms with Crippen LogP contribution in [0.2, 0.25) is 0 Å². The van der Waals surface area contributed by atoms with Crippen molar-refractivity contribution in [3.8, 4) is 11.3 Å². The van der Waals surface area contributed by atoms with Crippen molar-refractivity contribution in [3.05, 3.63) is 72.9 Å². The molecule has 1 aliphatic heterocycles. The minimum absolute atomic E-state index is 0.193. The summed E-state index contributed by atoms with van der Waals surface area (Å²) in [7, 11) is 3.08. The monoisotopic (exact) mass is 544 g/mol. The highest BCUT2D eigenvalue weighted by molar-refractivity contribution is 5.95. The molecular formula is C30H36N6O4. The van der Waals surface area contributed by atoms with E-state index in [-0.39, 0.29) is 12.1 Å². The highest BCUT2D eigenvalue weighted by Gasteiger charge is 2.25. The molecule has 1 aliphatic rings. The van der Waals surface area contributed by atoms with E-state index in [1.807, 2.05) is 42.9 Å². The summed E-state index contributed by atoms with van der Waals surface area (Å²) in [4.78, 5) is 33.5. The Morgan fingerprint density at radius 3 is 2.65 bits per heavy atom. The first-order chi connectivity index (χ1) is 19.6. The van der Waals surface area contributed by atoms with E-state index in [2.05, 4.69) is 32.8 Å². The fraction of sp³-hybridized carbons (Fsp3) is 0.400. The Morgan fingerprint density at radius 1 is 1.05 bits per heavy atom. The number of benzene rings is 2. The van der Waals surface area contributed by atoms with Crippen LogP contribution in [0.3, 0.4) is 0 Å². The lowest BCUT2D eigenvalue weighted by molar-refractivity contribution is 0.103. The van der Waals surface area contributed by atoms with Gasteiger partial charge in [0.25, 0.3) is 0 Å². The number of likely N-dealkylation sites (tertiary alicyclic amines) is 1. The molecule has 0 unspecified atom stereocenters. The average molecular weight is 545 g/mol. The number of amides is 2. The molecule has 210 valence electrons. The second kappa shape index (κ2) is 12.8. The molecule has 0 N–H and O–H groups in total. The quantitative estimate of drug-likeness (QED) is 0.279. The maximum atomic E-state index is 13.7. The topological polar surface area (TPSA) is 94.7 Å². The summed E-state index contributed by atoms with van der Waals surface area (Å²) in [5.74, 6) is 0.417. The second-order valence-corrected chi connectivity index (χ2v) is 10.2. The molecule has 40 heavy (non-hydrogen) atoms. The maximum absolute atomic E-state index is 13.7. The van der Waals surface area contributed by atoms with E-state index in [0.717, 1.165) is 47.1 Å². The van der Waals surface area contributed by atoms with Gasteiger partial charge in [-0.15, -0.1) is 0 Å². The number of hydrogen-bond donors (Lipinski definition) is 0. The van der Waals surface area contributed by atoms with Gasteiger partial charge in [0, 0.05) is 57.9 Å². The third-order valence-electron chi connectivity index (χ3n) is 7.55. The highest BCUT2D eigenvalue weighted by atomic mass is 16.5. The number of methoxy groups -OCH3 is 2. The average Bonchev–Trinajstić information content (AvgIpc) is 3.66. The summed E-state index contributed by atoms with van der Waals surface area (Å²) in [6.45, 7) is 3.65. The molecule has 10 nitrogen and oxygen atoms in total. The Balaban J connectivity index is 1.30. The zero-order valence-electron chi connectivity index (χ0n) is 23.1. The summed E-state index contributed by atoms with van der Waals surface area (Å²) in [6, 6.07) is 16.0. The first kappa shape index (κ1) is 27.4. The Hall–Kier alpha value is -4.18. The van der Waals surface area contributed by atoms with E-state index in [0.29, 0.717) is 45.1 Å². The standard InChI is InChI=1S/C30H36N6O4/c1-39-18-6-14-34(21-25-19-31-22-35(25)20-23-11-15-33(16-12-23)30(38)40-2)29(37)36-17-13-28(32-36)27-10-5-8-24-7-3-4-9-26(24)27/h3-5,7-10,13,17,19,22-23H,6,11-12,14-16,18,20-21H2,1-2H3. The van der Waals surface area contributed by atoms with Gasteiger partial charge in [-0.3, -0.25) is 0 Å². The number of rotatable bonds is 9. The van der Waals surface area contributed by atoms with Crippen LogP contribution < -0.4 is 0 Å². The van der Waals surface area contributed by atoms with Gasteiger partial charge in [-0.05, 0) is 42.0 Å². The number of carbonyl (C=O) groups excluding carboxylic acids is 2. The van der Waals surface area contributed by atoms with Gasteiger partial charge in [0.1, 0.15) is 0 Å². The molecule has 2 aromatic heterocycles. The molecule has 1 saturated heterocycles. The van der Waals surface area contributed by atoms with Crippen LogP contribution in [0.1, 0.15) is 25.0 Å². The Bertz CT molecular complexity index is 1430. The van der Waals surface area contributed by atoms with Crippen LogP contribution >= 0.6 is 0 Å². The third-order valence-corrected chi connectivity index (χ3v) is 7.55. The van der Waals surface area contributed by atoms with Crippen LogP contribution in [0.25, 0.3) is 22.0 Å². The van der Waals surface area contributed by atoms with E-state index in [9.17, 15) is 9.59 Å². The molecule has 0 bridgehead atoms. The smallest absolute Gasteiger partial charge is 0.409 e. The molecule has 0 saturated carbocycles. The maximum Gasteiger partial charge on any atom is 0.409 e. The predicted octanol–water partition coefficient (Wildman–Crippen LogP) is 4.89. The molecule has 0 spiro atoms. The minimum Gasteiger partial charge on any atom is -0.453 e. The minimum atomic E-state index is -0.269. The number of ether oxygens (including phenoxy) is 2. The van der Waals surface area contributed by atoms with E-state index < -0.39 is 0 Å². The van der Waals surface area contributed by atoms with Gasteiger partial charge in [0.15, 0.2) is 0 Å². The van der Waals surface area contributed by atoms with Gasteiger partial charge in [0.05, 0.1) is 31.4 Å². The Morgan fingerprint density at radius 2 is 1.85 bits per heavy atom. The normalized spacial score (nSPS) is 14.0. The Kier molecular flexibility index (Phi) is 8.75. The van der Waals surface area contributed by atoms with Crippen LogP contribution in [0.5, 0.6) is 0 Å². The van der Waals surface area contributed by atoms with Gasteiger partial charge in [-0.2, -0.15) is 9.78 Å². The van der Waals surface area contributed by atoms with Gasteiger partial charge in [0.2, 0.25) is 0 Å². The molecule has 0 aliphatic carbocycles. The van der Waals surface area contributed by atoms with E-state index in [1.54, 1.807) is 23.1 Å². The van der Waals surface area contributed by atoms with Crippen molar-refractivity contribution in [2.24, 2.45) is 5.92 Å². The fourth-order valence-corrected chi connectivity index (χ4v) is 5.35. The molecule has 0 radical (unpaired) electrons. The van der Waals surface area contributed by atoms with Crippen LogP contribution in [0, 0.1) is 5.92 Å². The number of nitrogens with zero attached hydrogens (tertiary/aromatic N) is 6. The van der Waals surface area contributed by atoms with Crippen LogP contribution in [0.15, 0.2) is 67.3 Å². The van der Waals surface area contributed by atoms with Crippen molar-refractivity contribution < 1.29 is 19.1 Å². The number of imidazole rings is 1. The van der Waals surface area contributed by atoms with E-state index in [1.165, 1.54) is 11.8 Å². The van der Waals surface area contributed by atoms with Crippen molar-refractivity contribution >= 4 is 22.9 Å². The van der Waals surface area contributed by atoms with Gasteiger partial charge in [-0.25, -0.2) is 14.6 Å². The first-order valence-electron chi connectivity index (χ1n) is 13.7. The Labute approximate surface area is 234 Å². The SMILES string of the molecule is COCCCN(Cc1cncn1CC1CCN(C(=O)OC)CC1)C(=O)n1ccc(-c2cccc3ccccc23)n1. The van der Waals surface area contributed by atoms with Crippen molar-refractivity contribution in [3.63, 3.8) is 0 Å². The van der Waals surface area contributed by atoms with Crippen molar-refractivity contribution in [1.29, 1.82) is 0 Å². The molecule has 0 atom stereocenters.